The van der Waals surface area contributed by atoms with E-state index in [0.29, 0.717) is 26.2 Å². The molecule has 1 aliphatic heterocycles. The van der Waals surface area contributed by atoms with E-state index in [1.807, 2.05) is 0 Å². The molecule has 1 aliphatic rings. The number of alkyl halides is 3. The van der Waals surface area contributed by atoms with Crippen molar-refractivity contribution in [2.45, 2.75) is 25.6 Å². The van der Waals surface area contributed by atoms with Crippen molar-refractivity contribution in [1.29, 1.82) is 0 Å². The number of hydrogen-bond donors (Lipinski definition) is 1. The highest BCUT2D eigenvalue weighted by molar-refractivity contribution is 5.76. The average Bonchev–Trinajstić information content (AvgIpc) is 2.61. The zero-order chi connectivity index (χ0) is 18.4. The van der Waals surface area contributed by atoms with Crippen LogP contribution in [0.4, 0.5) is 19.1 Å². The van der Waals surface area contributed by atoms with Gasteiger partial charge in [0.2, 0.25) is 11.9 Å². The predicted molar refractivity (Wildman–Crippen MR) is 82.9 cm³/mol. The molecule has 2 rings (SSSR count). The molecule has 0 saturated carbocycles. The first-order chi connectivity index (χ1) is 11.8. The Morgan fingerprint density at radius 1 is 1.28 bits per heavy atom. The molecule has 1 saturated heterocycles. The minimum atomic E-state index is -4.46. The molecular formula is C15H21F3N4O3. The van der Waals surface area contributed by atoms with Crippen molar-refractivity contribution in [3.63, 3.8) is 0 Å². The Hall–Kier alpha value is -1.94. The first kappa shape index (κ1) is 19.4. The lowest BCUT2D eigenvalue weighted by Crippen LogP contribution is -2.49. The SMILES string of the molecule is CC(CO)OCCC(=O)N1CCN(c2ncc(C(F)(F)F)cn2)CC1. The molecule has 2 heterocycles. The van der Waals surface area contributed by atoms with E-state index in [1.54, 1.807) is 16.7 Å². The zero-order valence-electron chi connectivity index (χ0n) is 13.9. The van der Waals surface area contributed by atoms with Crippen molar-refractivity contribution in [2.75, 3.05) is 44.3 Å². The van der Waals surface area contributed by atoms with Gasteiger partial charge in [0.1, 0.15) is 0 Å². The third-order valence-corrected chi connectivity index (χ3v) is 3.86. The molecule has 0 aliphatic carbocycles. The number of carbonyl (C=O) groups excluding carboxylic acids is 1. The fraction of sp³-hybridized carbons (Fsp3) is 0.667. The predicted octanol–water partition coefficient (Wildman–Crippen LogP) is 0.931. The van der Waals surface area contributed by atoms with Crippen LogP contribution in [0.3, 0.4) is 0 Å². The molecule has 1 aromatic rings. The van der Waals surface area contributed by atoms with Crippen molar-refractivity contribution in [2.24, 2.45) is 0 Å². The van der Waals surface area contributed by atoms with Gasteiger partial charge in [0, 0.05) is 38.6 Å². The Balaban J connectivity index is 1.80. The molecule has 140 valence electrons. The van der Waals surface area contributed by atoms with Gasteiger partial charge < -0.3 is 19.6 Å². The maximum Gasteiger partial charge on any atom is 0.419 e. The fourth-order valence-corrected chi connectivity index (χ4v) is 2.34. The van der Waals surface area contributed by atoms with E-state index in [9.17, 15) is 18.0 Å². The second-order valence-electron chi connectivity index (χ2n) is 5.75. The van der Waals surface area contributed by atoms with Crippen LogP contribution in [0.2, 0.25) is 0 Å². The van der Waals surface area contributed by atoms with E-state index < -0.39 is 11.7 Å². The number of aliphatic hydroxyl groups excluding tert-OH is 1. The molecule has 10 heteroatoms. The van der Waals surface area contributed by atoms with E-state index >= 15 is 0 Å². The number of aromatic nitrogens is 2. The van der Waals surface area contributed by atoms with E-state index in [0.717, 1.165) is 12.4 Å². The first-order valence-electron chi connectivity index (χ1n) is 7.95. The summed E-state index contributed by atoms with van der Waals surface area (Å²) < 4.78 is 42.8. The number of hydrogen-bond acceptors (Lipinski definition) is 6. The molecule has 1 aromatic heterocycles. The molecule has 1 N–H and O–H groups in total. The van der Waals surface area contributed by atoms with Gasteiger partial charge in [-0.15, -0.1) is 0 Å². The van der Waals surface area contributed by atoms with Gasteiger partial charge >= 0.3 is 6.18 Å². The molecule has 1 unspecified atom stereocenters. The highest BCUT2D eigenvalue weighted by atomic mass is 19.4. The molecule has 7 nitrogen and oxygen atoms in total. The normalized spacial score (nSPS) is 16.8. The summed E-state index contributed by atoms with van der Waals surface area (Å²) >= 11 is 0. The summed E-state index contributed by atoms with van der Waals surface area (Å²) in [4.78, 5) is 23.0. The monoisotopic (exact) mass is 362 g/mol. The van der Waals surface area contributed by atoms with Gasteiger partial charge in [-0.25, -0.2) is 9.97 Å². The summed E-state index contributed by atoms with van der Waals surface area (Å²) in [5.41, 5.74) is -0.887. The van der Waals surface area contributed by atoms with E-state index in [4.69, 9.17) is 9.84 Å². The molecular weight excluding hydrogens is 341 g/mol. The Morgan fingerprint density at radius 3 is 2.40 bits per heavy atom. The molecule has 0 bridgehead atoms. The second kappa shape index (κ2) is 8.43. The molecule has 1 atom stereocenters. The van der Waals surface area contributed by atoms with Crippen molar-refractivity contribution in [3.05, 3.63) is 18.0 Å². The van der Waals surface area contributed by atoms with Crippen LogP contribution < -0.4 is 4.90 Å². The first-order valence-corrected chi connectivity index (χ1v) is 7.95. The van der Waals surface area contributed by atoms with Gasteiger partial charge in [0.05, 0.1) is 31.3 Å². The lowest BCUT2D eigenvalue weighted by Gasteiger charge is -2.34. The van der Waals surface area contributed by atoms with Crippen molar-refractivity contribution in [3.8, 4) is 0 Å². The minimum Gasteiger partial charge on any atom is -0.394 e. The van der Waals surface area contributed by atoms with Gasteiger partial charge in [-0.3, -0.25) is 4.79 Å². The summed E-state index contributed by atoms with van der Waals surface area (Å²) in [7, 11) is 0. The van der Waals surface area contributed by atoms with E-state index in [2.05, 4.69) is 9.97 Å². The Labute approximate surface area is 143 Å². The van der Waals surface area contributed by atoms with Crippen LogP contribution in [0.15, 0.2) is 12.4 Å². The second-order valence-corrected chi connectivity index (χ2v) is 5.75. The highest BCUT2D eigenvalue weighted by Crippen LogP contribution is 2.28. The molecule has 0 radical (unpaired) electrons. The van der Waals surface area contributed by atoms with Gasteiger partial charge in [-0.2, -0.15) is 13.2 Å². The van der Waals surface area contributed by atoms with Gasteiger partial charge in [-0.1, -0.05) is 0 Å². The van der Waals surface area contributed by atoms with Gasteiger partial charge in [-0.05, 0) is 6.92 Å². The Bertz CT molecular complexity index is 560. The van der Waals surface area contributed by atoms with Crippen LogP contribution in [-0.2, 0) is 15.7 Å². The average molecular weight is 362 g/mol. The quantitative estimate of drug-likeness (QED) is 0.811. The van der Waals surface area contributed by atoms with E-state index in [1.165, 1.54) is 0 Å². The van der Waals surface area contributed by atoms with Crippen molar-refractivity contribution >= 4 is 11.9 Å². The van der Waals surface area contributed by atoms with Crippen LogP contribution in [0.5, 0.6) is 0 Å². The number of ether oxygens (including phenoxy) is 1. The van der Waals surface area contributed by atoms with Crippen LogP contribution >= 0.6 is 0 Å². The minimum absolute atomic E-state index is 0.0573. The fourth-order valence-electron chi connectivity index (χ4n) is 2.34. The molecule has 0 spiro atoms. The zero-order valence-corrected chi connectivity index (χ0v) is 13.9. The molecule has 1 fully saturated rings. The maximum absolute atomic E-state index is 12.5. The largest absolute Gasteiger partial charge is 0.419 e. The highest BCUT2D eigenvalue weighted by Gasteiger charge is 2.32. The van der Waals surface area contributed by atoms with Crippen LogP contribution in [0.1, 0.15) is 18.9 Å². The summed E-state index contributed by atoms with van der Waals surface area (Å²) in [5.74, 6) is 0.165. The number of aliphatic hydroxyl groups is 1. The number of nitrogens with zero attached hydrogens (tertiary/aromatic N) is 4. The van der Waals surface area contributed by atoms with Gasteiger partial charge in [0.25, 0.3) is 0 Å². The third kappa shape index (κ3) is 5.53. The topological polar surface area (TPSA) is 78.8 Å². The number of carbonyl (C=O) groups is 1. The van der Waals surface area contributed by atoms with Crippen LogP contribution in [-0.4, -0.2) is 71.4 Å². The number of rotatable bonds is 6. The third-order valence-electron chi connectivity index (χ3n) is 3.86. The van der Waals surface area contributed by atoms with Crippen molar-refractivity contribution in [1.82, 2.24) is 14.9 Å². The number of amides is 1. The van der Waals surface area contributed by atoms with Crippen LogP contribution in [0.25, 0.3) is 0 Å². The standard InChI is InChI=1S/C15H21F3N4O3/c1-11(10-23)25-7-2-13(24)21-3-5-22(6-4-21)14-19-8-12(9-20-14)15(16,17)18/h8-9,11,23H,2-7,10H2,1H3. The smallest absolute Gasteiger partial charge is 0.394 e. The number of halogens is 3. The molecule has 25 heavy (non-hydrogen) atoms. The lowest BCUT2D eigenvalue weighted by molar-refractivity contribution is -0.138. The van der Waals surface area contributed by atoms with E-state index in [-0.39, 0.29) is 37.6 Å². The van der Waals surface area contributed by atoms with Crippen molar-refractivity contribution < 1.29 is 27.8 Å². The summed E-state index contributed by atoms with van der Waals surface area (Å²) in [6.07, 6.45) is -3.01. The van der Waals surface area contributed by atoms with Crippen LogP contribution in [0, 0.1) is 0 Å². The van der Waals surface area contributed by atoms with Gasteiger partial charge in [0.15, 0.2) is 0 Å². The molecule has 0 aromatic carbocycles. The molecule has 1 amide bonds. The summed E-state index contributed by atoms with van der Waals surface area (Å²) in [6.45, 7) is 3.64. The number of piperazine rings is 1. The Morgan fingerprint density at radius 2 is 1.88 bits per heavy atom. The summed E-state index contributed by atoms with van der Waals surface area (Å²) in [6, 6.07) is 0. The number of anilines is 1. The lowest BCUT2D eigenvalue weighted by atomic mass is 10.3. The summed E-state index contributed by atoms with van der Waals surface area (Å²) in [5, 5.41) is 8.85. The maximum atomic E-state index is 12.5. The Kier molecular flexibility index (Phi) is 6.54.